The number of methoxy groups -OCH3 is 2. The zero-order valence-corrected chi connectivity index (χ0v) is 11.4. The van der Waals surface area contributed by atoms with Crippen molar-refractivity contribution in [2.45, 2.75) is 6.04 Å². The molecule has 1 aromatic heterocycles. The summed E-state index contributed by atoms with van der Waals surface area (Å²) < 4.78 is 10.4. The van der Waals surface area contributed by atoms with Gasteiger partial charge >= 0.3 is 0 Å². The number of nitrogens with zero attached hydrogens (tertiary/aromatic N) is 2. The monoisotopic (exact) mass is 279 g/mol. The highest BCUT2D eigenvalue weighted by Gasteiger charge is 2.16. The zero-order valence-electron chi connectivity index (χ0n) is 10.6. The maximum Gasteiger partial charge on any atom is 0.179 e. The van der Waals surface area contributed by atoms with Gasteiger partial charge in [0.05, 0.1) is 25.3 Å². The van der Waals surface area contributed by atoms with Crippen molar-refractivity contribution < 1.29 is 9.47 Å². The van der Waals surface area contributed by atoms with Crippen molar-refractivity contribution in [1.82, 2.24) is 9.97 Å². The molecule has 0 aliphatic rings. The van der Waals surface area contributed by atoms with Crippen LogP contribution < -0.4 is 15.2 Å². The summed E-state index contributed by atoms with van der Waals surface area (Å²) in [5, 5.41) is 0.448. The Labute approximate surface area is 116 Å². The summed E-state index contributed by atoms with van der Waals surface area (Å²) in [6, 6.07) is 3.17. The minimum absolute atomic E-state index is 0.376. The van der Waals surface area contributed by atoms with Crippen LogP contribution in [0, 0.1) is 0 Å². The highest BCUT2D eigenvalue weighted by atomic mass is 35.5. The van der Waals surface area contributed by atoms with Gasteiger partial charge in [-0.3, -0.25) is 0 Å². The van der Waals surface area contributed by atoms with Gasteiger partial charge in [0, 0.05) is 18.0 Å². The summed E-state index contributed by atoms with van der Waals surface area (Å²) >= 11 is 6.15. The quantitative estimate of drug-likeness (QED) is 0.929. The number of halogens is 1. The van der Waals surface area contributed by atoms with Gasteiger partial charge in [0.1, 0.15) is 6.33 Å². The lowest BCUT2D eigenvalue weighted by Crippen LogP contribution is -2.12. The molecular formula is C13H14ClN3O2. The van der Waals surface area contributed by atoms with E-state index in [0.717, 1.165) is 11.1 Å². The SMILES string of the molecule is COc1cc(C(N)c2cncnc2)cc(Cl)c1OC. The molecule has 19 heavy (non-hydrogen) atoms. The van der Waals surface area contributed by atoms with Crippen molar-refractivity contribution in [2.24, 2.45) is 5.73 Å². The van der Waals surface area contributed by atoms with E-state index in [2.05, 4.69) is 9.97 Å². The molecule has 0 fully saturated rings. The number of ether oxygens (including phenoxy) is 2. The molecule has 0 bridgehead atoms. The van der Waals surface area contributed by atoms with Gasteiger partial charge in [0.25, 0.3) is 0 Å². The Bertz CT molecular complexity index is 563. The van der Waals surface area contributed by atoms with E-state index < -0.39 is 0 Å². The van der Waals surface area contributed by atoms with Crippen LogP contribution in [-0.4, -0.2) is 24.2 Å². The van der Waals surface area contributed by atoms with Crippen LogP contribution in [0.25, 0.3) is 0 Å². The number of aromatic nitrogens is 2. The number of rotatable bonds is 4. The Hall–Kier alpha value is -1.85. The van der Waals surface area contributed by atoms with E-state index in [4.69, 9.17) is 26.8 Å². The molecule has 1 aromatic carbocycles. The average Bonchev–Trinajstić information content (AvgIpc) is 2.46. The van der Waals surface area contributed by atoms with Crippen LogP contribution in [0.4, 0.5) is 0 Å². The van der Waals surface area contributed by atoms with Crippen LogP contribution >= 0.6 is 11.6 Å². The fraction of sp³-hybridized carbons (Fsp3) is 0.231. The third-order valence-corrected chi connectivity index (χ3v) is 3.04. The van der Waals surface area contributed by atoms with E-state index >= 15 is 0 Å². The van der Waals surface area contributed by atoms with Crippen LogP contribution in [0.3, 0.4) is 0 Å². The zero-order chi connectivity index (χ0) is 13.8. The maximum absolute atomic E-state index is 6.17. The Kier molecular flexibility index (Phi) is 4.19. The molecule has 2 rings (SSSR count). The highest BCUT2D eigenvalue weighted by Crippen LogP contribution is 2.38. The molecule has 0 amide bonds. The average molecular weight is 280 g/mol. The van der Waals surface area contributed by atoms with Gasteiger partial charge in [0.2, 0.25) is 0 Å². The van der Waals surface area contributed by atoms with Gasteiger partial charge in [-0.2, -0.15) is 0 Å². The summed E-state index contributed by atoms with van der Waals surface area (Å²) in [4.78, 5) is 7.90. The van der Waals surface area contributed by atoms with Crippen molar-refractivity contribution in [1.29, 1.82) is 0 Å². The first-order valence-corrected chi connectivity index (χ1v) is 5.97. The van der Waals surface area contributed by atoms with Crippen molar-refractivity contribution in [2.75, 3.05) is 14.2 Å². The van der Waals surface area contributed by atoms with Crippen LogP contribution in [-0.2, 0) is 0 Å². The lowest BCUT2D eigenvalue weighted by molar-refractivity contribution is 0.354. The minimum atomic E-state index is -0.376. The highest BCUT2D eigenvalue weighted by molar-refractivity contribution is 6.32. The number of hydrogen-bond acceptors (Lipinski definition) is 5. The van der Waals surface area contributed by atoms with E-state index in [1.165, 1.54) is 13.4 Å². The third kappa shape index (κ3) is 2.77. The summed E-state index contributed by atoms with van der Waals surface area (Å²) in [6.45, 7) is 0. The van der Waals surface area contributed by atoms with Crippen molar-refractivity contribution in [3.8, 4) is 11.5 Å². The molecule has 0 aliphatic carbocycles. The van der Waals surface area contributed by atoms with Crippen molar-refractivity contribution >= 4 is 11.6 Å². The summed E-state index contributed by atoms with van der Waals surface area (Å²) in [7, 11) is 3.09. The molecular weight excluding hydrogens is 266 g/mol. The lowest BCUT2D eigenvalue weighted by atomic mass is 10.0. The molecule has 2 N–H and O–H groups in total. The summed E-state index contributed by atoms with van der Waals surface area (Å²) in [5.41, 5.74) is 7.77. The largest absolute Gasteiger partial charge is 0.493 e. The fourth-order valence-electron chi connectivity index (χ4n) is 1.78. The molecule has 0 spiro atoms. The first kappa shape index (κ1) is 13.6. The molecule has 0 radical (unpaired) electrons. The predicted octanol–water partition coefficient (Wildman–Crippen LogP) is 2.20. The van der Waals surface area contributed by atoms with Gasteiger partial charge in [-0.1, -0.05) is 11.6 Å². The molecule has 0 saturated heterocycles. The predicted molar refractivity (Wildman–Crippen MR) is 72.6 cm³/mol. The van der Waals surface area contributed by atoms with E-state index in [0.29, 0.717) is 16.5 Å². The molecule has 2 aromatic rings. The van der Waals surface area contributed by atoms with Gasteiger partial charge in [-0.15, -0.1) is 0 Å². The van der Waals surface area contributed by atoms with Crippen LogP contribution in [0.2, 0.25) is 5.02 Å². The molecule has 0 saturated carbocycles. The van der Waals surface area contributed by atoms with E-state index in [9.17, 15) is 0 Å². The van der Waals surface area contributed by atoms with Crippen LogP contribution in [0.1, 0.15) is 17.2 Å². The lowest BCUT2D eigenvalue weighted by Gasteiger charge is -2.16. The Morgan fingerprint density at radius 1 is 1.11 bits per heavy atom. The van der Waals surface area contributed by atoms with Crippen molar-refractivity contribution in [3.63, 3.8) is 0 Å². The molecule has 6 heteroatoms. The first-order chi connectivity index (χ1) is 9.17. The summed E-state index contributed by atoms with van der Waals surface area (Å²) in [5.74, 6) is 1.03. The maximum atomic E-state index is 6.17. The standard InChI is InChI=1S/C13H14ClN3O2/c1-18-11-4-8(3-10(14)13(11)19-2)12(15)9-5-16-7-17-6-9/h3-7,12H,15H2,1-2H3. The van der Waals surface area contributed by atoms with E-state index in [1.54, 1.807) is 31.6 Å². The molecule has 5 nitrogen and oxygen atoms in total. The second-order valence-electron chi connectivity index (χ2n) is 3.89. The minimum Gasteiger partial charge on any atom is -0.493 e. The number of benzene rings is 1. The molecule has 100 valence electrons. The Morgan fingerprint density at radius 2 is 1.79 bits per heavy atom. The van der Waals surface area contributed by atoms with Crippen LogP contribution in [0.15, 0.2) is 30.9 Å². The van der Waals surface area contributed by atoms with Gasteiger partial charge in [0.15, 0.2) is 11.5 Å². The third-order valence-electron chi connectivity index (χ3n) is 2.75. The normalized spacial score (nSPS) is 12.0. The smallest absolute Gasteiger partial charge is 0.179 e. The molecule has 1 atom stereocenters. The fourth-order valence-corrected chi connectivity index (χ4v) is 2.08. The Balaban J connectivity index is 2.43. The second-order valence-corrected chi connectivity index (χ2v) is 4.29. The topological polar surface area (TPSA) is 70.3 Å². The van der Waals surface area contributed by atoms with Gasteiger partial charge in [-0.25, -0.2) is 9.97 Å². The molecule has 1 heterocycles. The molecule has 0 aliphatic heterocycles. The summed E-state index contributed by atoms with van der Waals surface area (Å²) in [6.07, 6.45) is 4.79. The van der Waals surface area contributed by atoms with Gasteiger partial charge in [-0.05, 0) is 17.7 Å². The van der Waals surface area contributed by atoms with E-state index in [1.807, 2.05) is 0 Å². The van der Waals surface area contributed by atoms with Crippen LogP contribution in [0.5, 0.6) is 11.5 Å². The number of nitrogens with two attached hydrogens (primary N) is 1. The van der Waals surface area contributed by atoms with Gasteiger partial charge < -0.3 is 15.2 Å². The number of hydrogen-bond donors (Lipinski definition) is 1. The van der Waals surface area contributed by atoms with E-state index in [-0.39, 0.29) is 6.04 Å². The Morgan fingerprint density at radius 3 is 2.37 bits per heavy atom. The first-order valence-electron chi connectivity index (χ1n) is 5.59. The van der Waals surface area contributed by atoms with Crippen molar-refractivity contribution in [3.05, 3.63) is 47.0 Å². The molecule has 1 unspecified atom stereocenters. The second kappa shape index (κ2) is 5.86.